The Hall–Kier alpha value is -2.71. The highest BCUT2D eigenvalue weighted by atomic mass is 32.2. The Morgan fingerprint density at radius 2 is 1.90 bits per heavy atom. The topological polar surface area (TPSA) is 84.5 Å². The molecule has 0 bridgehead atoms. The van der Waals surface area contributed by atoms with Crippen LogP contribution in [0.5, 0.6) is 5.75 Å². The van der Waals surface area contributed by atoms with Crippen LogP contribution < -0.4 is 14.8 Å². The van der Waals surface area contributed by atoms with Gasteiger partial charge in [0.1, 0.15) is 16.5 Å². The van der Waals surface area contributed by atoms with Crippen molar-refractivity contribution in [2.75, 3.05) is 20.7 Å². The zero-order valence-electron chi connectivity index (χ0n) is 16.2. The predicted molar refractivity (Wildman–Crippen MR) is 109 cm³/mol. The van der Waals surface area contributed by atoms with Crippen LogP contribution in [0, 0.1) is 5.82 Å². The van der Waals surface area contributed by atoms with Gasteiger partial charge in [0.2, 0.25) is 15.9 Å². The highest BCUT2D eigenvalue weighted by Gasteiger charge is 2.44. The van der Waals surface area contributed by atoms with E-state index in [0.29, 0.717) is 12.1 Å². The number of methoxy groups -OCH3 is 1. The second-order valence-corrected chi connectivity index (χ2v) is 8.81. The molecule has 2 aromatic rings. The van der Waals surface area contributed by atoms with Gasteiger partial charge in [-0.3, -0.25) is 4.79 Å². The van der Waals surface area contributed by atoms with E-state index in [1.807, 2.05) is 0 Å². The van der Waals surface area contributed by atoms with E-state index in [0.717, 1.165) is 18.4 Å². The maximum Gasteiger partial charge on any atom is 0.244 e. The molecular weight excluding hydrogens is 395 g/mol. The summed E-state index contributed by atoms with van der Waals surface area (Å²) in [6, 6.07) is 11.0. The first-order chi connectivity index (χ1) is 13.8. The lowest BCUT2D eigenvalue weighted by atomic mass is 9.96. The van der Waals surface area contributed by atoms with Crippen LogP contribution in [-0.4, -0.2) is 35.0 Å². The summed E-state index contributed by atoms with van der Waals surface area (Å²) in [5, 5.41) is 2.87. The van der Waals surface area contributed by atoms with Crippen LogP contribution in [0.25, 0.3) is 6.08 Å². The first-order valence-electron chi connectivity index (χ1n) is 9.13. The summed E-state index contributed by atoms with van der Waals surface area (Å²) in [5.41, 5.74) is 1.43. The highest BCUT2D eigenvalue weighted by Crippen LogP contribution is 2.47. The van der Waals surface area contributed by atoms with Gasteiger partial charge in [-0.15, -0.1) is 0 Å². The summed E-state index contributed by atoms with van der Waals surface area (Å²) in [5.74, 6) is -0.348. The molecule has 0 atom stereocenters. The lowest BCUT2D eigenvalue weighted by Crippen LogP contribution is -2.31. The standard InChI is InChI=1S/C21H23FN2O4S/c1-23-29(26,27)19-13-15(3-9-18(19)28-2)4-10-20(25)24-14-21(11-12-21)16-5-7-17(22)8-6-16/h3-10,13,23H,11-12,14H2,1-2H3,(H,24,25)/b10-4+. The fraction of sp³-hybridized carbons (Fsp3) is 0.286. The summed E-state index contributed by atoms with van der Waals surface area (Å²) >= 11 is 0. The predicted octanol–water partition coefficient (Wildman–Crippen LogP) is 2.60. The normalized spacial score (nSPS) is 15.3. The molecule has 1 aliphatic carbocycles. The average Bonchev–Trinajstić information content (AvgIpc) is 3.52. The molecule has 1 saturated carbocycles. The number of hydrogen-bond donors (Lipinski definition) is 2. The first-order valence-corrected chi connectivity index (χ1v) is 10.6. The average molecular weight is 418 g/mol. The molecule has 0 aromatic heterocycles. The summed E-state index contributed by atoms with van der Waals surface area (Å²) in [4.78, 5) is 12.2. The molecule has 1 fully saturated rings. The number of carbonyl (C=O) groups is 1. The quantitative estimate of drug-likeness (QED) is 0.646. The van der Waals surface area contributed by atoms with Crippen molar-refractivity contribution in [2.24, 2.45) is 0 Å². The molecular formula is C21H23FN2O4S. The van der Waals surface area contributed by atoms with Crippen molar-refractivity contribution in [1.29, 1.82) is 0 Å². The molecule has 0 aliphatic heterocycles. The smallest absolute Gasteiger partial charge is 0.244 e. The lowest BCUT2D eigenvalue weighted by molar-refractivity contribution is -0.116. The van der Waals surface area contributed by atoms with Crippen LogP contribution in [0.4, 0.5) is 4.39 Å². The SMILES string of the molecule is CNS(=O)(=O)c1cc(/C=C/C(=O)NCC2(c3ccc(F)cc3)CC2)ccc1OC. The van der Waals surface area contributed by atoms with Gasteiger partial charge in [0.15, 0.2) is 0 Å². The molecule has 2 aromatic carbocycles. The van der Waals surface area contributed by atoms with Gasteiger partial charge < -0.3 is 10.1 Å². The van der Waals surface area contributed by atoms with Crippen molar-refractivity contribution in [3.8, 4) is 5.75 Å². The minimum atomic E-state index is -3.69. The molecule has 2 N–H and O–H groups in total. The van der Waals surface area contributed by atoms with Crippen LogP contribution in [0.2, 0.25) is 0 Å². The molecule has 0 spiro atoms. The van der Waals surface area contributed by atoms with Gasteiger partial charge in [0.25, 0.3) is 0 Å². The van der Waals surface area contributed by atoms with Crippen molar-refractivity contribution in [1.82, 2.24) is 10.0 Å². The van der Waals surface area contributed by atoms with Crippen molar-refractivity contribution < 1.29 is 22.3 Å². The number of halogens is 1. The Morgan fingerprint density at radius 1 is 1.21 bits per heavy atom. The molecule has 1 aliphatic rings. The van der Waals surface area contributed by atoms with E-state index < -0.39 is 10.0 Å². The van der Waals surface area contributed by atoms with E-state index in [-0.39, 0.29) is 27.8 Å². The molecule has 154 valence electrons. The van der Waals surface area contributed by atoms with Gasteiger partial charge in [-0.1, -0.05) is 18.2 Å². The van der Waals surface area contributed by atoms with E-state index in [9.17, 15) is 17.6 Å². The summed E-state index contributed by atoms with van der Waals surface area (Å²) < 4.78 is 44.7. The Morgan fingerprint density at radius 3 is 2.48 bits per heavy atom. The van der Waals surface area contributed by atoms with Crippen LogP contribution in [0.1, 0.15) is 24.0 Å². The number of rotatable bonds is 8. The maximum atomic E-state index is 13.1. The number of ether oxygens (including phenoxy) is 1. The maximum absolute atomic E-state index is 13.1. The third-order valence-corrected chi connectivity index (χ3v) is 6.52. The first kappa shape index (κ1) is 21.0. The van der Waals surface area contributed by atoms with Crippen LogP contribution in [0.15, 0.2) is 53.4 Å². The molecule has 29 heavy (non-hydrogen) atoms. The molecule has 0 heterocycles. The summed E-state index contributed by atoms with van der Waals surface area (Å²) in [6.07, 6.45) is 4.78. The number of carbonyl (C=O) groups excluding carboxylic acids is 1. The molecule has 1 amide bonds. The third-order valence-electron chi connectivity index (χ3n) is 5.08. The summed E-state index contributed by atoms with van der Waals surface area (Å²) in [6.45, 7) is 0.462. The molecule has 0 saturated heterocycles. The van der Waals surface area contributed by atoms with E-state index in [2.05, 4.69) is 10.0 Å². The second kappa shape index (κ2) is 8.34. The molecule has 0 unspecified atom stereocenters. The van der Waals surface area contributed by atoms with E-state index in [1.165, 1.54) is 44.5 Å². The number of sulfonamides is 1. The fourth-order valence-corrected chi connectivity index (χ4v) is 4.05. The summed E-state index contributed by atoms with van der Waals surface area (Å²) in [7, 11) is -0.983. The Balaban J connectivity index is 1.67. The number of benzene rings is 2. The zero-order valence-corrected chi connectivity index (χ0v) is 17.1. The molecule has 6 nitrogen and oxygen atoms in total. The molecule has 0 radical (unpaired) electrons. The Labute approximate surface area is 169 Å². The van der Waals surface area contributed by atoms with Crippen molar-refractivity contribution in [3.05, 3.63) is 65.5 Å². The van der Waals surface area contributed by atoms with E-state index >= 15 is 0 Å². The highest BCUT2D eigenvalue weighted by molar-refractivity contribution is 7.89. The zero-order chi connectivity index (χ0) is 21.1. The molecule has 3 rings (SSSR count). The van der Waals surface area contributed by atoms with E-state index in [1.54, 1.807) is 24.3 Å². The minimum absolute atomic E-state index is 0.00157. The number of amides is 1. The van der Waals surface area contributed by atoms with E-state index in [4.69, 9.17) is 4.74 Å². The van der Waals surface area contributed by atoms with Gasteiger partial charge in [-0.05, 0) is 61.4 Å². The van der Waals surface area contributed by atoms with Gasteiger partial charge >= 0.3 is 0 Å². The number of nitrogens with one attached hydrogen (secondary N) is 2. The number of hydrogen-bond acceptors (Lipinski definition) is 4. The second-order valence-electron chi connectivity index (χ2n) is 6.96. The Kier molecular flexibility index (Phi) is 6.04. The van der Waals surface area contributed by atoms with Gasteiger partial charge in [0, 0.05) is 18.0 Å². The third kappa shape index (κ3) is 4.83. The van der Waals surface area contributed by atoms with Gasteiger partial charge in [-0.25, -0.2) is 17.5 Å². The van der Waals surface area contributed by atoms with Crippen molar-refractivity contribution >= 4 is 22.0 Å². The van der Waals surface area contributed by atoms with Gasteiger partial charge in [0.05, 0.1) is 7.11 Å². The lowest BCUT2D eigenvalue weighted by Gasteiger charge is -2.16. The minimum Gasteiger partial charge on any atom is -0.495 e. The monoisotopic (exact) mass is 418 g/mol. The van der Waals surface area contributed by atoms with Crippen LogP contribution in [-0.2, 0) is 20.2 Å². The fourth-order valence-electron chi connectivity index (χ4n) is 3.13. The largest absolute Gasteiger partial charge is 0.495 e. The van der Waals surface area contributed by atoms with Crippen molar-refractivity contribution in [2.45, 2.75) is 23.2 Å². The van der Waals surface area contributed by atoms with Crippen molar-refractivity contribution in [3.63, 3.8) is 0 Å². The van der Waals surface area contributed by atoms with Crippen LogP contribution in [0.3, 0.4) is 0 Å². The molecule has 8 heteroatoms. The van der Waals surface area contributed by atoms with Gasteiger partial charge in [-0.2, -0.15) is 0 Å². The van der Waals surface area contributed by atoms with Crippen LogP contribution >= 0.6 is 0 Å². The Bertz CT molecular complexity index is 1030.